The second-order valence-electron chi connectivity index (χ2n) is 2.71. The van der Waals surface area contributed by atoms with E-state index in [1.54, 1.807) is 12.1 Å². The van der Waals surface area contributed by atoms with Crippen LogP contribution in [0.1, 0.15) is 0 Å². The van der Waals surface area contributed by atoms with Gasteiger partial charge in [-0.3, -0.25) is 4.79 Å². The Labute approximate surface area is 91.1 Å². The molecular weight excluding hydrogens is 214 g/mol. The summed E-state index contributed by atoms with van der Waals surface area (Å²) in [5.74, 6) is 0.237. The van der Waals surface area contributed by atoms with Gasteiger partial charge >= 0.3 is 0 Å². The molecule has 0 aliphatic carbocycles. The molecule has 0 N–H and O–H groups in total. The molecule has 6 heteroatoms. The first-order chi connectivity index (χ1) is 7.29. The third-order valence-electron chi connectivity index (χ3n) is 1.78. The van der Waals surface area contributed by atoms with Gasteiger partial charge in [0.25, 0.3) is 11.1 Å². The van der Waals surface area contributed by atoms with Crippen molar-refractivity contribution in [3.8, 4) is 0 Å². The highest BCUT2D eigenvalue weighted by molar-refractivity contribution is 7.97. The first-order valence-electron chi connectivity index (χ1n) is 4.14. The van der Waals surface area contributed by atoms with Crippen LogP contribution in [-0.4, -0.2) is 15.6 Å². The Hall–Kier alpha value is -1.82. The van der Waals surface area contributed by atoms with Crippen LogP contribution in [0.15, 0.2) is 41.1 Å². The lowest BCUT2D eigenvalue weighted by Crippen LogP contribution is -2.18. The van der Waals surface area contributed by atoms with Gasteiger partial charge in [-0.05, 0) is 12.1 Å². The third kappa shape index (κ3) is 1.99. The van der Waals surface area contributed by atoms with Crippen LogP contribution in [0.4, 0.5) is 16.4 Å². The molecule has 0 atom stereocenters. The fourth-order valence-electron chi connectivity index (χ4n) is 1.17. The molecule has 0 fully saturated rings. The summed E-state index contributed by atoms with van der Waals surface area (Å²) >= 11 is 3.76. The molecule has 1 heterocycles. The van der Waals surface area contributed by atoms with E-state index < -0.39 is 5.24 Å². The molecule has 76 valence electrons. The third-order valence-corrected chi connectivity index (χ3v) is 1.98. The van der Waals surface area contributed by atoms with Crippen LogP contribution < -0.4 is 4.90 Å². The minimum atomic E-state index is -0.459. The standard InChI is InChI=1S/C9H7N3O2S/c13-9(15)12(8-6-10-11-14-8)7-4-2-1-3-5-7/h1-6H,(H,13,15). The van der Waals surface area contributed by atoms with E-state index in [0.29, 0.717) is 5.69 Å². The highest BCUT2D eigenvalue weighted by Crippen LogP contribution is 2.25. The van der Waals surface area contributed by atoms with Crippen LogP contribution in [0, 0.1) is 0 Å². The minimum absolute atomic E-state index is 0.237. The topological polar surface area (TPSA) is 59.2 Å². The zero-order chi connectivity index (χ0) is 10.7. The van der Waals surface area contributed by atoms with Gasteiger partial charge in [0, 0.05) is 5.27 Å². The fraction of sp³-hybridized carbons (Fsp3) is 0. The highest BCUT2D eigenvalue weighted by atomic mass is 32.1. The maximum atomic E-state index is 11.3. The van der Waals surface area contributed by atoms with Gasteiger partial charge in [0.15, 0.2) is 0 Å². The van der Waals surface area contributed by atoms with E-state index in [1.807, 2.05) is 18.2 Å². The van der Waals surface area contributed by atoms with E-state index >= 15 is 0 Å². The molecule has 0 radical (unpaired) electrons. The molecular formula is C9H7N3O2S. The normalized spacial score (nSPS) is 9.93. The zero-order valence-corrected chi connectivity index (χ0v) is 8.46. The van der Waals surface area contributed by atoms with Crippen molar-refractivity contribution in [3.05, 3.63) is 36.5 Å². The van der Waals surface area contributed by atoms with Crippen molar-refractivity contribution in [1.29, 1.82) is 0 Å². The summed E-state index contributed by atoms with van der Waals surface area (Å²) in [5, 5.41) is 6.35. The number of thiol groups is 1. The van der Waals surface area contributed by atoms with Crippen LogP contribution in [0.3, 0.4) is 0 Å². The van der Waals surface area contributed by atoms with E-state index in [-0.39, 0.29) is 5.88 Å². The molecule has 0 unspecified atom stereocenters. The van der Waals surface area contributed by atoms with E-state index in [9.17, 15) is 4.79 Å². The summed E-state index contributed by atoms with van der Waals surface area (Å²) in [6, 6.07) is 8.99. The fourth-order valence-corrected chi connectivity index (χ4v) is 1.38. The summed E-state index contributed by atoms with van der Waals surface area (Å²) in [4.78, 5) is 12.6. The Bertz CT molecular complexity index is 444. The monoisotopic (exact) mass is 221 g/mol. The second kappa shape index (κ2) is 4.14. The van der Waals surface area contributed by atoms with Crippen molar-refractivity contribution >= 4 is 29.4 Å². The number of amides is 1. The van der Waals surface area contributed by atoms with Crippen LogP contribution in [0.25, 0.3) is 0 Å². The number of carbonyl (C=O) groups excluding carboxylic acids is 1. The first-order valence-corrected chi connectivity index (χ1v) is 4.59. The van der Waals surface area contributed by atoms with Crippen molar-refractivity contribution < 1.29 is 9.32 Å². The van der Waals surface area contributed by atoms with Gasteiger partial charge in [-0.25, -0.2) is 4.90 Å². The smallest absolute Gasteiger partial charge is 0.290 e. The number of hydrogen-bond donors (Lipinski definition) is 1. The number of benzene rings is 1. The van der Waals surface area contributed by atoms with Crippen LogP contribution >= 0.6 is 12.6 Å². The van der Waals surface area contributed by atoms with Crippen molar-refractivity contribution in [1.82, 2.24) is 10.4 Å². The van der Waals surface area contributed by atoms with Crippen LogP contribution in [-0.2, 0) is 0 Å². The van der Waals surface area contributed by atoms with Crippen LogP contribution in [0.2, 0.25) is 0 Å². The average Bonchev–Trinajstić information content (AvgIpc) is 2.72. The zero-order valence-electron chi connectivity index (χ0n) is 7.57. The largest absolute Gasteiger partial charge is 0.318 e. The van der Waals surface area contributed by atoms with E-state index in [1.165, 1.54) is 11.1 Å². The Morgan fingerprint density at radius 3 is 2.60 bits per heavy atom. The molecule has 5 nitrogen and oxygen atoms in total. The lowest BCUT2D eigenvalue weighted by molar-refractivity contribution is 0.265. The Balaban J connectivity index is 2.42. The Kier molecular flexibility index (Phi) is 2.68. The molecule has 2 aromatic rings. The summed E-state index contributed by atoms with van der Waals surface area (Å²) in [7, 11) is 0. The number of rotatable bonds is 2. The Morgan fingerprint density at radius 2 is 2.07 bits per heavy atom. The summed E-state index contributed by atoms with van der Waals surface area (Å²) in [5.41, 5.74) is 0.649. The quantitative estimate of drug-likeness (QED) is 0.790. The molecule has 0 aliphatic rings. The molecule has 0 spiro atoms. The molecule has 2 rings (SSSR count). The van der Waals surface area contributed by atoms with E-state index in [2.05, 4.69) is 23.0 Å². The Morgan fingerprint density at radius 1 is 1.33 bits per heavy atom. The number of anilines is 2. The number of aromatic nitrogens is 2. The molecule has 0 saturated carbocycles. The minimum Gasteiger partial charge on any atom is -0.318 e. The van der Waals surface area contributed by atoms with E-state index in [4.69, 9.17) is 4.52 Å². The molecule has 0 saturated heterocycles. The van der Waals surface area contributed by atoms with Gasteiger partial charge in [0.1, 0.15) is 6.20 Å². The molecule has 0 aliphatic heterocycles. The second-order valence-corrected chi connectivity index (χ2v) is 3.09. The average molecular weight is 221 g/mol. The van der Waals surface area contributed by atoms with Crippen molar-refractivity contribution in [3.63, 3.8) is 0 Å². The number of nitrogens with zero attached hydrogens (tertiary/aromatic N) is 3. The maximum Gasteiger partial charge on any atom is 0.290 e. The van der Waals surface area contributed by atoms with E-state index in [0.717, 1.165) is 0 Å². The molecule has 1 aromatic heterocycles. The van der Waals surface area contributed by atoms with Crippen molar-refractivity contribution in [2.24, 2.45) is 0 Å². The summed E-state index contributed by atoms with van der Waals surface area (Å²) in [6.07, 6.45) is 1.35. The van der Waals surface area contributed by atoms with Gasteiger partial charge in [0.2, 0.25) is 0 Å². The predicted molar refractivity (Wildman–Crippen MR) is 57.3 cm³/mol. The lowest BCUT2D eigenvalue weighted by Gasteiger charge is -2.15. The number of carbonyl (C=O) groups is 1. The summed E-state index contributed by atoms with van der Waals surface area (Å²) in [6.45, 7) is 0. The van der Waals surface area contributed by atoms with Gasteiger partial charge in [-0.15, -0.1) is 5.10 Å². The van der Waals surface area contributed by atoms with Gasteiger partial charge in [-0.2, -0.15) is 0 Å². The molecule has 15 heavy (non-hydrogen) atoms. The van der Waals surface area contributed by atoms with Crippen LogP contribution in [0.5, 0.6) is 0 Å². The molecule has 1 amide bonds. The predicted octanol–water partition coefficient (Wildman–Crippen LogP) is 2.26. The molecule has 1 aromatic carbocycles. The van der Waals surface area contributed by atoms with Crippen molar-refractivity contribution in [2.75, 3.05) is 4.90 Å². The van der Waals surface area contributed by atoms with Crippen molar-refractivity contribution in [2.45, 2.75) is 0 Å². The summed E-state index contributed by atoms with van der Waals surface area (Å²) < 4.78 is 4.81. The van der Waals surface area contributed by atoms with Gasteiger partial charge < -0.3 is 4.52 Å². The lowest BCUT2D eigenvalue weighted by atomic mass is 10.3. The number of para-hydroxylation sites is 1. The first kappa shape index (κ1) is 9.72. The highest BCUT2D eigenvalue weighted by Gasteiger charge is 2.18. The SMILES string of the molecule is O=C(S)N(c1ccccc1)c1cnno1. The van der Waals surface area contributed by atoms with Gasteiger partial charge in [-0.1, -0.05) is 30.8 Å². The number of hydrogen-bond acceptors (Lipinski definition) is 4. The van der Waals surface area contributed by atoms with Gasteiger partial charge in [0.05, 0.1) is 5.69 Å². The molecule has 0 bridgehead atoms. The maximum absolute atomic E-state index is 11.3.